The molecule has 0 N–H and O–H groups in total. The van der Waals surface area contributed by atoms with Crippen LogP contribution in [0.5, 0.6) is 0 Å². The predicted octanol–water partition coefficient (Wildman–Crippen LogP) is 7.09. The van der Waals surface area contributed by atoms with E-state index >= 15 is 0 Å². The maximum atomic E-state index is 12.3. The minimum absolute atomic E-state index is 0.0866. The molecule has 0 fully saturated rings. The highest BCUT2D eigenvalue weighted by atomic mass is 28.4. The quantitative estimate of drug-likeness (QED) is 0.199. The van der Waals surface area contributed by atoms with E-state index in [4.69, 9.17) is 9.16 Å². The van der Waals surface area contributed by atoms with Gasteiger partial charge < -0.3 is 9.16 Å². The van der Waals surface area contributed by atoms with Crippen LogP contribution < -0.4 is 0 Å². The molecule has 1 rings (SSSR count). The smallest absolute Gasteiger partial charge is 0.313 e. The van der Waals surface area contributed by atoms with Crippen LogP contribution in [0.2, 0.25) is 18.1 Å². The normalized spacial score (nSPS) is 13.4. The van der Waals surface area contributed by atoms with Crippen molar-refractivity contribution in [3.63, 3.8) is 0 Å². The molecule has 0 saturated carbocycles. The van der Waals surface area contributed by atoms with Crippen molar-refractivity contribution >= 4 is 14.3 Å². The molecule has 0 saturated heterocycles. The minimum Gasteiger partial charge on any atom is -0.466 e. The summed E-state index contributed by atoms with van der Waals surface area (Å²) >= 11 is 0. The van der Waals surface area contributed by atoms with Crippen molar-refractivity contribution in [1.82, 2.24) is 0 Å². The van der Waals surface area contributed by atoms with Gasteiger partial charge in [0, 0.05) is 6.61 Å². The molecule has 0 aromatic heterocycles. The van der Waals surface area contributed by atoms with Crippen LogP contribution in [-0.2, 0) is 14.0 Å². The molecule has 1 atom stereocenters. The summed E-state index contributed by atoms with van der Waals surface area (Å²) in [5.74, 6) is -0.212. The van der Waals surface area contributed by atoms with Gasteiger partial charge in [-0.25, -0.2) is 0 Å². The minimum atomic E-state index is -1.59. The van der Waals surface area contributed by atoms with E-state index in [0.717, 1.165) is 31.4 Å². The van der Waals surface area contributed by atoms with Crippen LogP contribution in [0.25, 0.3) is 0 Å². The van der Waals surface area contributed by atoms with Gasteiger partial charge in [-0.3, -0.25) is 4.79 Å². The lowest BCUT2D eigenvalue weighted by atomic mass is 9.93. The van der Waals surface area contributed by atoms with Gasteiger partial charge in [0.15, 0.2) is 8.32 Å². The molecule has 0 amide bonds. The number of carbonyl (C=O) groups excluding carboxylic acids is 1. The molecule has 28 heavy (non-hydrogen) atoms. The highest BCUT2D eigenvalue weighted by Crippen LogP contribution is 2.36. The Balaban J connectivity index is 2.22. The van der Waals surface area contributed by atoms with Gasteiger partial charge in [-0.15, -0.1) is 0 Å². The standard InChI is InChI=1S/C24H42O3Si/c1-7-26-23(25)22(21-17-13-12-14-18-21)19-15-10-8-9-11-16-20-27-28(5,6)24(2,3)4/h12-14,17-18,22H,7-11,15-16,19-20H2,1-6H3. The van der Waals surface area contributed by atoms with Crippen molar-refractivity contribution in [2.45, 2.75) is 96.7 Å². The molecule has 160 valence electrons. The van der Waals surface area contributed by atoms with Gasteiger partial charge in [0.05, 0.1) is 12.5 Å². The molecule has 0 aliphatic rings. The SMILES string of the molecule is CCOC(=O)C(CCCCCCCCO[Si](C)(C)C(C)(C)C)c1ccccc1. The molecule has 1 unspecified atom stereocenters. The molecule has 0 spiro atoms. The average molecular weight is 407 g/mol. The summed E-state index contributed by atoms with van der Waals surface area (Å²) < 4.78 is 11.5. The Kier molecular flexibility index (Phi) is 11.1. The Morgan fingerprint density at radius 3 is 2.11 bits per heavy atom. The topological polar surface area (TPSA) is 35.5 Å². The van der Waals surface area contributed by atoms with E-state index in [2.05, 4.69) is 33.9 Å². The lowest BCUT2D eigenvalue weighted by Crippen LogP contribution is -2.40. The second-order valence-corrected chi connectivity index (χ2v) is 14.0. The zero-order chi connectivity index (χ0) is 21.0. The summed E-state index contributed by atoms with van der Waals surface area (Å²) in [6.07, 6.45) is 7.97. The van der Waals surface area contributed by atoms with E-state index in [1.54, 1.807) is 0 Å². The Hall–Kier alpha value is -1.13. The van der Waals surface area contributed by atoms with E-state index in [0.29, 0.717) is 11.6 Å². The van der Waals surface area contributed by atoms with Gasteiger partial charge >= 0.3 is 5.97 Å². The van der Waals surface area contributed by atoms with E-state index < -0.39 is 8.32 Å². The monoisotopic (exact) mass is 406 g/mol. The Bertz CT molecular complexity index is 549. The van der Waals surface area contributed by atoms with Crippen molar-refractivity contribution in [2.75, 3.05) is 13.2 Å². The number of hydrogen-bond acceptors (Lipinski definition) is 3. The summed E-state index contributed by atoms with van der Waals surface area (Å²) in [6, 6.07) is 10.0. The number of ether oxygens (including phenoxy) is 1. The summed E-state index contributed by atoms with van der Waals surface area (Å²) in [5.41, 5.74) is 1.07. The maximum absolute atomic E-state index is 12.3. The number of unbranched alkanes of at least 4 members (excludes halogenated alkanes) is 5. The molecule has 0 heterocycles. The molecule has 1 aromatic rings. The first-order valence-corrected chi connectivity index (χ1v) is 14.0. The zero-order valence-corrected chi connectivity index (χ0v) is 20.1. The molecule has 3 nitrogen and oxygen atoms in total. The highest BCUT2D eigenvalue weighted by molar-refractivity contribution is 6.74. The van der Waals surface area contributed by atoms with Gasteiger partial charge in [0.25, 0.3) is 0 Å². The van der Waals surface area contributed by atoms with Crippen molar-refractivity contribution in [3.8, 4) is 0 Å². The second-order valence-electron chi connectivity index (χ2n) is 9.23. The first kappa shape index (κ1) is 24.9. The molecular weight excluding hydrogens is 364 g/mol. The molecule has 0 aliphatic carbocycles. The van der Waals surface area contributed by atoms with E-state index in [1.165, 1.54) is 25.7 Å². The van der Waals surface area contributed by atoms with Gasteiger partial charge in [-0.1, -0.05) is 83.2 Å². The van der Waals surface area contributed by atoms with Crippen molar-refractivity contribution in [3.05, 3.63) is 35.9 Å². The summed E-state index contributed by atoms with van der Waals surface area (Å²) in [4.78, 5) is 12.3. The third-order valence-electron chi connectivity index (χ3n) is 5.93. The average Bonchev–Trinajstić information content (AvgIpc) is 2.63. The number of rotatable bonds is 13. The van der Waals surface area contributed by atoms with Gasteiger partial charge in [-0.05, 0) is 43.5 Å². The van der Waals surface area contributed by atoms with Gasteiger partial charge in [0.2, 0.25) is 0 Å². The predicted molar refractivity (Wildman–Crippen MR) is 121 cm³/mol. The lowest BCUT2D eigenvalue weighted by Gasteiger charge is -2.36. The second kappa shape index (κ2) is 12.4. The number of hydrogen-bond donors (Lipinski definition) is 0. The number of esters is 1. The maximum Gasteiger partial charge on any atom is 0.313 e. The number of benzene rings is 1. The van der Waals surface area contributed by atoms with E-state index in [9.17, 15) is 4.79 Å². The Labute approximate surface area is 174 Å². The van der Waals surface area contributed by atoms with Crippen LogP contribution in [0.3, 0.4) is 0 Å². The summed E-state index contributed by atoms with van der Waals surface area (Å²) in [6.45, 7) is 14.7. The third-order valence-corrected chi connectivity index (χ3v) is 10.5. The Morgan fingerprint density at radius 1 is 0.964 bits per heavy atom. The van der Waals surface area contributed by atoms with E-state index in [-0.39, 0.29) is 11.9 Å². The lowest BCUT2D eigenvalue weighted by molar-refractivity contribution is -0.145. The molecule has 1 aromatic carbocycles. The van der Waals surface area contributed by atoms with Gasteiger partial charge in [-0.2, -0.15) is 0 Å². The highest BCUT2D eigenvalue weighted by Gasteiger charge is 2.36. The van der Waals surface area contributed by atoms with Crippen LogP contribution >= 0.6 is 0 Å². The van der Waals surface area contributed by atoms with Gasteiger partial charge in [0.1, 0.15) is 0 Å². The zero-order valence-electron chi connectivity index (χ0n) is 19.1. The Morgan fingerprint density at radius 2 is 1.54 bits per heavy atom. The fourth-order valence-corrected chi connectivity index (χ4v) is 4.14. The molecule has 0 aliphatic heterocycles. The number of carbonyl (C=O) groups is 1. The van der Waals surface area contributed by atoms with Crippen molar-refractivity contribution in [2.24, 2.45) is 0 Å². The first-order chi connectivity index (χ1) is 13.2. The summed E-state index contributed by atoms with van der Waals surface area (Å²) in [5, 5.41) is 0.293. The van der Waals surface area contributed by atoms with Crippen molar-refractivity contribution < 1.29 is 14.0 Å². The fraction of sp³-hybridized carbons (Fsp3) is 0.708. The van der Waals surface area contributed by atoms with Crippen LogP contribution in [0.1, 0.15) is 84.1 Å². The van der Waals surface area contributed by atoms with Crippen molar-refractivity contribution in [1.29, 1.82) is 0 Å². The first-order valence-electron chi connectivity index (χ1n) is 11.0. The molecule has 4 heteroatoms. The van der Waals surface area contributed by atoms with Crippen LogP contribution in [0.4, 0.5) is 0 Å². The fourth-order valence-electron chi connectivity index (χ4n) is 3.05. The molecule has 0 bridgehead atoms. The third kappa shape index (κ3) is 8.91. The molecule has 0 radical (unpaired) electrons. The largest absolute Gasteiger partial charge is 0.466 e. The van der Waals surface area contributed by atoms with Crippen LogP contribution in [0, 0.1) is 0 Å². The van der Waals surface area contributed by atoms with Crippen LogP contribution in [-0.4, -0.2) is 27.5 Å². The van der Waals surface area contributed by atoms with Crippen LogP contribution in [0.15, 0.2) is 30.3 Å². The van der Waals surface area contributed by atoms with E-state index in [1.807, 2.05) is 37.3 Å². The summed E-state index contributed by atoms with van der Waals surface area (Å²) in [7, 11) is -1.59. The molecular formula is C24H42O3Si.